The van der Waals surface area contributed by atoms with Crippen LogP contribution in [0.15, 0.2) is 18.2 Å². The minimum atomic E-state index is -0.639. The van der Waals surface area contributed by atoms with Crippen molar-refractivity contribution in [3.8, 4) is 0 Å². The number of benzene rings is 1. The van der Waals surface area contributed by atoms with Crippen molar-refractivity contribution in [3.05, 3.63) is 28.8 Å². The number of fused-ring (bicyclic) bond motifs is 4. The van der Waals surface area contributed by atoms with Gasteiger partial charge in [0, 0.05) is 25.4 Å². The van der Waals surface area contributed by atoms with Gasteiger partial charge in [0.25, 0.3) is 0 Å². The number of nitrogens with zero attached hydrogens (tertiary/aromatic N) is 2. The molecule has 1 N–H and O–H groups in total. The first-order valence-corrected chi connectivity index (χ1v) is 10.3. The number of aryl methyl sites for hydroxylation is 1. The number of quaternary nitrogens is 1. The average molecular weight is 371 g/mol. The van der Waals surface area contributed by atoms with Crippen LogP contribution in [0, 0.1) is 12.8 Å². The van der Waals surface area contributed by atoms with Gasteiger partial charge in [-0.25, -0.2) is 13.0 Å². The SMILES string of the molecule is [B-][N+]12CCC(CC1)C(O)(CCC(=S)Cc1nc3ccc(C)cc3s1)C2. The molecule has 0 amide bonds. The summed E-state index contributed by atoms with van der Waals surface area (Å²) in [5, 5.41) is 12.2. The Morgan fingerprint density at radius 1 is 1.44 bits per heavy atom. The van der Waals surface area contributed by atoms with Crippen molar-refractivity contribution in [1.29, 1.82) is 0 Å². The third-order valence-corrected chi connectivity index (χ3v) is 7.33. The maximum absolute atomic E-state index is 11.1. The largest absolute Gasteiger partial charge is 0.586 e. The number of thiocarbonyl (C=S) groups is 1. The second-order valence-corrected chi connectivity index (χ2v) is 9.69. The Morgan fingerprint density at radius 2 is 2.20 bits per heavy atom. The molecule has 4 heterocycles. The van der Waals surface area contributed by atoms with Crippen molar-refractivity contribution >= 4 is 46.6 Å². The number of aliphatic hydroxyl groups is 1. The van der Waals surface area contributed by atoms with Gasteiger partial charge in [0.2, 0.25) is 0 Å². The van der Waals surface area contributed by atoms with Gasteiger partial charge in [0.1, 0.15) is 5.60 Å². The standard InChI is InChI=1S/C19H24BN2OS2/c1-13-2-3-16-17(10-13)25-18(21-16)11-15(24)4-7-19(23)12-22(20)8-5-14(19)6-9-22/h2-3,10,14,23H,4-9,11-12H2,1H3. The van der Waals surface area contributed by atoms with Gasteiger partial charge in [-0.1, -0.05) is 18.3 Å². The summed E-state index contributed by atoms with van der Waals surface area (Å²) in [6.07, 6.45) is 4.32. The van der Waals surface area contributed by atoms with Crippen LogP contribution in [0.25, 0.3) is 10.2 Å². The van der Waals surface area contributed by atoms with Gasteiger partial charge < -0.3 is 9.50 Å². The smallest absolute Gasteiger partial charge is 0.113 e. The number of piperidine rings is 3. The van der Waals surface area contributed by atoms with Crippen LogP contribution in [0.2, 0.25) is 0 Å². The van der Waals surface area contributed by atoms with E-state index in [0.29, 0.717) is 16.9 Å². The minimum absolute atomic E-state index is 0.393. The van der Waals surface area contributed by atoms with Crippen molar-refractivity contribution in [2.24, 2.45) is 5.92 Å². The van der Waals surface area contributed by atoms with Crippen LogP contribution >= 0.6 is 23.6 Å². The Labute approximate surface area is 160 Å². The number of thiazole rings is 1. The summed E-state index contributed by atoms with van der Waals surface area (Å²) in [6.45, 7) is 4.79. The van der Waals surface area contributed by atoms with Crippen LogP contribution in [-0.2, 0) is 6.42 Å². The highest BCUT2D eigenvalue weighted by Gasteiger charge is 2.47. The van der Waals surface area contributed by atoms with Crippen LogP contribution < -0.4 is 0 Å². The quantitative estimate of drug-likeness (QED) is 0.646. The minimum Gasteiger partial charge on any atom is -0.586 e. The summed E-state index contributed by atoms with van der Waals surface area (Å²) >= 11 is 7.35. The van der Waals surface area contributed by atoms with Gasteiger partial charge >= 0.3 is 0 Å². The molecule has 3 radical (unpaired) electrons. The number of rotatable bonds is 5. The molecule has 2 bridgehead atoms. The van der Waals surface area contributed by atoms with E-state index < -0.39 is 5.60 Å². The summed E-state index contributed by atoms with van der Waals surface area (Å²) < 4.78 is 1.76. The van der Waals surface area contributed by atoms with Crippen LogP contribution in [0.4, 0.5) is 0 Å². The van der Waals surface area contributed by atoms with Crippen molar-refractivity contribution in [1.82, 2.24) is 4.98 Å². The zero-order valence-corrected chi connectivity index (χ0v) is 16.3. The Kier molecular flexibility index (Phi) is 4.51. The van der Waals surface area contributed by atoms with E-state index in [-0.39, 0.29) is 0 Å². The summed E-state index contributed by atoms with van der Waals surface area (Å²) in [5.74, 6) is 0.393. The Balaban J connectivity index is 1.39. The zero-order chi connectivity index (χ0) is 17.7. The fourth-order valence-electron chi connectivity index (χ4n) is 4.50. The molecule has 25 heavy (non-hydrogen) atoms. The van der Waals surface area contributed by atoms with Gasteiger partial charge in [-0.05, 0) is 55.2 Å². The molecule has 0 spiro atoms. The first-order chi connectivity index (χ1) is 11.9. The summed E-state index contributed by atoms with van der Waals surface area (Å²) in [7, 11) is 6.39. The van der Waals surface area contributed by atoms with E-state index in [1.807, 2.05) is 0 Å². The maximum atomic E-state index is 11.1. The molecule has 0 aliphatic carbocycles. The number of hydrogen-bond acceptors (Lipinski definition) is 4. The lowest BCUT2D eigenvalue weighted by molar-refractivity contribution is -0.846. The van der Waals surface area contributed by atoms with Gasteiger partial charge in [-0.3, -0.25) is 0 Å². The number of hydrogen-bond donors (Lipinski definition) is 1. The highest BCUT2D eigenvalue weighted by Crippen LogP contribution is 2.41. The molecule has 131 valence electrons. The molecule has 1 aromatic carbocycles. The zero-order valence-electron chi connectivity index (χ0n) is 14.7. The van der Waals surface area contributed by atoms with E-state index in [1.165, 1.54) is 10.3 Å². The molecule has 5 rings (SSSR count). The highest BCUT2D eigenvalue weighted by molar-refractivity contribution is 7.80. The van der Waals surface area contributed by atoms with Crippen molar-refractivity contribution in [3.63, 3.8) is 0 Å². The molecule has 1 atom stereocenters. The topological polar surface area (TPSA) is 33.1 Å². The maximum Gasteiger partial charge on any atom is 0.113 e. The van der Waals surface area contributed by atoms with Crippen molar-refractivity contribution in [2.75, 3.05) is 19.6 Å². The molecule has 1 aromatic heterocycles. The van der Waals surface area contributed by atoms with Gasteiger partial charge in [0.15, 0.2) is 0 Å². The molecule has 3 fully saturated rings. The fourth-order valence-corrected chi connectivity index (χ4v) is 5.94. The Bertz CT molecular complexity index is 813. The lowest BCUT2D eigenvalue weighted by Gasteiger charge is -2.64. The first-order valence-electron chi connectivity index (χ1n) is 9.10. The lowest BCUT2D eigenvalue weighted by Crippen LogP contribution is -2.68. The van der Waals surface area contributed by atoms with E-state index in [0.717, 1.165) is 60.6 Å². The normalized spacial score (nSPS) is 31.6. The molecule has 0 saturated carbocycles. The molecular formula is C19H24BN2OS2. The summed E-state index contributed by atoms with van der Waals surface area (Å²) in [6, 6.07) is 6.35. The molecule has 2 aromatic rings. The van der Waals surface area contributed by atoms with E-state index in [9.17, 15) is 5.11 Å². The second-order valence-electron chi connectivity index (χ2n) is 8.00. The van der Waals surface area contributed by atoms with Gasteiger partial charge in [-0.15, -0.1) is 11.3 Å². The molecule has 3 aliphatic rings. The predicted molar refractivity (Wildman–Crippen MR) is 108 cm³/mol. The molecule has 1 unspecified atom stereocenters. The van der Waals surface area contributed by atoms with Crippen LogP contribution in [0.1, 0.15) is 36.3 Å². The monoisotopic (exact) mass is 371 g/mol. The fraction of sp³-hybridized carbons (Fsp3) is 0.579. The Morgan fingerprint density at radius 3 is 2.92 bits per heavy atom. The van der Waals surface area contributed by atoms with Gasteiger partial charge in [-0.2, -0.15) is 0 Å². The third-order valence-electron chi connectivity index (χ3n) is 5.97. The van der Waals surface area contributed by atoms with Gasteiger partial charge in [0.05, 0.1) is 21.8 Å². The third kappa shape index (κ3) is 3.54. The van der Waals surface area contributed by atoms with Crippen LogP contribution in [0.5, 0.6) is 0 Å². The van der Waals surface area contributed by atoms with Crippen LogP contribution in [0.3, 0.4) is 0 Å². The van der Waals surface area contributed by atoms with E-state index >= 15 is 0 Å². The first kappa shape index (κ1) is 17.6. The molecule has 3 aliphatic heterocycles. The lowest BCUT2D eigenvalue weighted by atomic mass is 9.69. The van der Waals surface area contributed by atoms with Crippen molar-refractivity contribution < 1.29 is 9.50 Å². The van der Waals surface area contributed by atoms with E-state index in [1.54, 1.807) is 11.3 Å². The average Bonchev–Trinajstić information content (AvgIpc) is 2.94. The summed E-state index contributed by atoms with van der Waals surface area (Å²) in [5.41, 5.74) is 1.67. The molecular weight excluding hydrogens is 347 g/mol. The summed E-state index contributed by atoms with van der Waals surface area (Å²) in [4.78, 5) is 5.69. The number of aromatic nitrogens is 1. The predicted octanol–water partition coefficient (Wildman–Crippen LogP) is 3.35. The molecule has 6 heteroatoms. The Hall–Kier alpha value is -0.815. The second kappa shape index (κ2) is 6.41. The molecule has 3 nitrogen and oxygen atoms in total. The van der Waals surface area contributed by atoms with Crippen LogP contribution in [-0.4, -0.2) is 52.6 Å². The van der Waals surface area contributed by atoms with E-state index in [4.69, 9.17) is 25.2 Å². The highest BCUT2D eigenvalue weighted by atomic mass is 32.1. The molecule has 3 saturated heterocycles. The van der Waals surface area contributed by atoms with Crippen molar-refractivity contribution in [2.45, 2.75) is 44.6 Å². The van der Waals surface area contributed by atoms with E-state index in [2.05, 4.69) is 25.1 Å².